The number of rotatable bonds is 6. The maximum atomic E-state index is 13.9. The molecule has 2 rings (SSSR count). The average molecular weight is 357 g/mol. The monoisotopic (exact) mass is 357 g/mol. The summed E-state index contributed by atoms with van der Waals surface area (Å²) >= 11 is 1.18. The molecule has 0 radical (unpaired) electrons. The van der Waals surface area contributed by atoms with Crippen molar-refractivity contribution in [2.75, 3.05) is 5.32 Å². The molecule has 0 saturated heterocycles. The molecule has 1 atom stereocenters. The number of aromatic nitrogens is 1. The third-order valence-corrected chi connectivity index (χ3v) is 5.39. The van der Waals surface area contributed by atoms with Crippen LogP contribution >= 0.6 is 11.3 Å². The van der Waals surface area contributed by atoms with E-state index in [9.17, 15) is 17.6 Å². The highest BCUT2D eigenvalue weighted by Crippen LogP contribution is 2.18. The molecule has 0 spiro atoms. The zero-order valence-electron chi connectivity index (χ0n) is 12.5. The summed E-state index contributed by atoms with van der Waals surface area (Å²) in [5.41, 5.74) is -0.354. The highest BCUT2D eigenvalue weighted by atomic mass is 32.2. The lowest BCUT2D eigenvalue weighted by Gasteiger charge is -2.13. The molecule has 0 aliphatic rings. The number of sulfonamides is 1. The van der Waals surface area contributed by atoms with E-state index < -0.39 is 21.7 Å². The Morgan fingerprint density at radius 3 is 2.78 bits per heavy atom. The van der Waals surface area contributed by atoms with Gasteiger partial charge in [-0.1, -0.05) is 6.92 Å². The first-order chi connectivity index (χ1) is 10.8. The van der Waals surface area contributed by atoms with Crippen molar-refractivity contribution in [3.63, 3.8) is 0 Å². The van der Waals surface area contributed by atoms with Crippen LogP contribution in [0.4, 0.5) is 9.52 Å². The van der Waals surface area contributed by atoms with Crippen LogP contribution in [0.3, 0.4) is 0 Å². The van der Waals surface area contributed by atoms with Crippen LogP contribution in [0.1, 0.15) is 30.6 Å². The highest BCUT2D eigenvalue weighted by molar-refractivity contribution is 7.89. The number of carbonyl (C=O) groups excluding carboxylic acids is 1. The van der Waals surface area contributed by atoms with E-state index in [-0.39, 0.29) is 16.5 Å². The summed E-state index contributed by atoms with van der Waals surface area (Å²) in [5, 5.41) is 4.38. The molecule has 1 unspecified atom stereocenters. The Bertz CT molecular complexity index is 792. The van der Waals surface area contributed by atoms with Crippen LogP contribution in [0.2, 0.25) is 0 Å². The molecule has 0 aliphatic carbocycles. The molecule has 23 heavy (non-hydrogen) atoms. The van der Waals surface area contributed by atoms with Gasteiger partial charge < -0.3 is 0 Å². The summed E-state index contributed by atoms with van der Waals surface area (Å²) in [7, 11) is -3.82. The number of hydrogen-bond donors (Lipinski definition) is 2. The van der Waals surface area contributed by atoms with E-state index in [4.69, 9.17) is 0 Å². The van der Waals surface area contributed by atoms with Crippen LogP contribution in [0, 0.1) is 5.82 Å². The first kappa shape index (κ1) is 17.5. The third kappa shape index (κ3) is 4.34. The number of anilines is 1. The standard InChI is InChI=1S/C14H16FN3O3S2/c1-3-9(2)18-23(20,21)10-4-5-12(15)11(8-10)13(19)17-14-16-6-7-22-14/h4-9,18H,3H2,1-2H3,(H,16,17,19). The molecular formula is C14H16FN3O3S2. The second-order valence-electron chi connectivity index (χ2n) is 4.86. The predicted octanol–water partition coefficient (Wildman–Crippen LogP) is 2.61. The fraction of sp³-hybridized carbons (Fsp3) is 0.286. The summed E-state index contributed by atoms with van der Waals surface area (Å²) in [6.45, 7) is 3.56. The molecule has 124 valence electrons. The van der Waals surface area contributed by atoms with Gasteiger partial charge in [-0.05, 0) is 31.5 Å². The Balaban J connectivity index is 2.30. The minimum atomic E-state index is -3.82. The van der Waals surface area contributed by atoms with E-state index in [2.05, 4.69) is 15.0 Å². The van der Waals surface area contributed by atoms with Gasteiger partial charge in [-0.3, -0.25) is 10.1 Å². The van der Waals surface area contributed by atoms with Crippen LogP contribution < -0.4 is 10.0 Å². The van der Waals surface area contributed by atoms with Crippen molar-refractivity contribution in [3.05, 3.63) is 41.2 Å². The Kier molecular flexibility index (Phi) is 5.45. The molecule has 2 aromatic rings. The van der Waals surface area contributed by atoms with Crippen molar-refractivity contribution in [1.29, 1.82) is 0 Å². The van der Waals surface area contributed by atoms with Gasteiger partial charge >= 0.3 is 0 Å². The topological polar surface area (TPSA) is 88.2 Å². The van der Waals surface area contributed by atoms with Gasteiger partial charge in [0.2, 0.25) is 10.0 Å². The predicted molar refractivity (Wildman–Crippen MR) is 86.5 cm³/mol. The van der Waals surface area contributed by atoms with Crippen LogP contribution in [0.5, 0.6) is 0 Å². The summed E-state index contributed by atoms with van der Waals surface area (Å²) in [4.78, 5) is 15.8. The number of thiazole rings is 1. The molecule has 0 aliphatic heterocycles. The van der Waals surface area contributed by atoms with Crippen molar-refractivity contribution < 1.29 is 17.6 Å². The maximum Gasteiger partial charge on any atom is 0.260 e. The summed E-state index contributed by atoms with van der Waals surface area (Å²) in [6.07, 6.45) is 2.10. The fourth-order valence-electron chi connectivity index (χ4n) is 1.71. The van der Waals surface area contributed by atoms with E-state index in [0.29, 0.717) is 11.6 Å². The first-order valence-corrected chi connectivity index (χ1v) is 9.22. The number of nitrogens with zero attached hydrogens (tertiary/aromatic N) is 1. The van der Waals surface area contributed by atoms with Gasteiger partial charge in [0.25, 0.3) is 5.91 Å². The number of hydrogen-bond acceptors (Lipinski definition) is 5. The molecule has 0 saturated carbocycles. The van der Waals surface area contributed by atoms with Crippen LogP contribution in [0.25, 0.3) is 0 Å². The largest absolute Gasteiger partial charge is 0.298 e. The lowest BCUT2D eigenvalue weighted by atomic mass is 10.2. The van der Waals surface area contributed by atoms with E-state index >= 15 is 0 Å². The molecule has 2 N–H and O–H groups in total. The molecule has 0 bridgehead atoms. The van der Waals surface area contributed by atoms with E-state index in [1.54, 1.807) is 12.3 Å². The lowest BCUT2D eigenvalue weighted by Crippen LogP contribution is -2.32. The van der Waals surface area contributed by atoms with E-state index in [1.165, 1.54) is 17.5 Å². The van der Waals surface area contributed by atoms with Crippen molar-refractivity contribution >= 4 is 32.4 Å². The number of nitrogens with one attached hydrogen (secondary N) is 2. The second-order valence-corrected chi connectivity index (χ2v) is 7.47. The van der Waals surface area contributed by atoms with E-state index in [0.717, 1.165) is 18.2 Å². The number of benzene rings is 1. The highest BCUT2D eigenvalue weighted by Gasteiger charge is 2.21. The van der Waals surface area contributed by atoms with Gasteiger partial charge in [-0.25, -0.2) is 22.5 Å². The SMILES string of the molecule is CCC(C)NS(=O)(=O)c1ccc(F)c(C(=O)Nc2nccs2)c1. The summed E-state index contributed by atoms with van der Waals surface area (Å²) < 4.78 is 40.8. The van der Waals surface area contributed by atoms with Crippen molar-refractivity contribution in [1.82, 2.24) is 9.71 Å². The minimum Gasteiger partial charge on any atom is -0.298 e. The Hall–Kier alpha value is -1.84. The van der Waals surface area contributed by atoms with Crippen molar-refractivity contribution in [2.45, 2.75) is 31.2 Å². The molecular weight excluding hydrogens is 341 g/mol. The number of halogens is 1. The van der Waals surface area contributed by atoms with E-state index in [1.807, 2.05) is 6.92 Å². The van der Waals surface area contributed by atoms with Crippen LogP contribution in [-0.2, 0) is 10.0 Å². The first-order valence-electron chi connectivity index (χ1n) is 6.86. The third-order valence-electron chi connectivity index (χ3n) is 3.11. The zero-order chi connectivity index (χ0) is 17.0. The summed E-state index contributed by atoms with van der Waals surface area (Å²) in [5.74, 6) is -1.56. The van der Waals surface area contributed by atoms with Gasteiger partial charge in [-0.15, -0.1) is 11.3 Å². The van der Waals surface area contributed by atoms with Crippen molar-refractivity contribution in [3.8, 4) is 0 Å². The Morgan fingerprint density at radius 1 is 1.43 bits per heavy atom. The molecule has 1 aromatic carbocycles. The number of amides is 1. The van der Waals surface area contributed by atoms with Crippen LogP contribution in [-0.4, -0.2) is 25.4 Å². The molecule has 1 heterocycles. The molecule has 1 aromatic heterocycles. The smallest absolute Gasteiger partial charge is 0.260 e. The average Bonchev–Trinajstić information content (AvgIpc) is 2.99. The normalized spacial score (nSPS) is 12.8. The Morgan fingerprint density at radius 2 is 2.17 bits per heavy atom. The van der Waals surface area contributed by atoms with Crippen molar-refractivity contribution in [2.24, 2.45) is 0 Å². The zero-order valence-corrected chi connectivity index (χ0v) is 14.2. The number of carbonyl (C=O) groups is 1. The quantitative estimate of drug-likeness (QED) is 0.832. The van der Waals surface area contributed by atoms with Gasteiger partial charge in [0.05, 0.1) is 10.5 Å². The fourth-order valence-corrected chi connectivity index (χ4v) is 3.59. The van der Waals surface area contributed by atoms with Gasteiger partial charge in [-0.2, -0.15) is 0 Å². The lowest BCUT2D eigenvalue weighted by molar-refractivity contribution is 0.102. The van der Waals surface area contributed by atoms with Gasteiger partial charge in [0.15, 0.2) is 5.13 Å². The molecule has 0 fully saturated rings. The maximum absolute atomic E-state index is 13.9. The van der Waals surface area contributed by atoms with Gasteiger partial charge in [0.1, 0.15) is 5.82 Å². The van der Waals surface area contributed by atoms with Gasteiger partial charge in [0, 0.05) is 17.6 Å². The van der Waals surface area contributed by atoms with Crippen LogP contribution in [0.15, 0.2) is 34.7 Å². The molecule has 6 nitrogen and oxygen atoms in total. The second kappa shape index (κ2) is 7.16. The molecule has 1 amide bonds. The molecule has 9 heteroatoms. The Labute approximate surface area is 137 Å². The summed E-state index contributed by atoms with van der Waals surface area (Å²) in [6, 6.07) is 2.84. The minimum absolute atomic E-state index is 0.163.